The average Bonchev–Trinajstić information content (AvgIpc) is 3.36. The van der Waals surface area contributed by atoms with E-state index in [1.165, 1.54) is 5.56 Å². The summed E-state index contributed by atoms with van der Waals surface area (Å²) in [6.45, 7) is 5.53. The van der Waals surface area contributed by atoms with Gasteiger partial charge in [-0.25, -0.2) is 0 Å². The predicted molar refractivity (Wildman–Crippen MR) is 116 cm³/mol. The highest BCUT2D eigenvalue weighted by Crippen LogP contribution is 2.30. The second kappa shape index (κ2) is 10.0. The number of benzene rings is 1. The molecule has 3 rings (SSSR count). The van der Waals surface area contributed by atoms with E-state index in [9.17, 15) is 0 Å². The fourth-order valence-corrected chi connectivity index (χ4v) is 3.50. The zero-order valence-electron chi connectivity index (χ0n) is 17.8. The van der Waals surface area contributed by atoms with Gasteiger partial charge in [-0.1, -0.05) is 0 Å². The van der Waals surface area contributed by atoms with Gasteiger partial charge >= 0.3 is 0 Å². The summed E-state index contributed by atoms with van der Waals surface area (Å²) in [6, 6.07) is 6.34. The molecule has 0 radical (unpaired) electrons. The van der Waals surface area contributed by atoms with Crippen LogP contribution < -0.4 is 25.0 Å². The lowest BCUT2D eigenvalue weighted by atomic mass is 10.2. The van der Waals surface area contributed by atoms with Crippen molar-refractivity contribution in [3.05, 3.63) is 36.2 Å². The topological polar surface area (TPSA) is 75.9 Å². The van der Waals surface area contributed by atoms with Crippen LogP contribution in [0.3, 0.4) is 0 Å². The average molecular weight is 401 g/mol. The van der Waals surface area contributed by atoms with Crippen LogP contribution in [0.5, 0.6) is 11.5 Å². The molecule has 1 saturated heterocycles. The Morgan fingerprint density at radius 3 is 2.62 bits per heavy atom. The number of hydrogen-bond acceptors (Lipinski definition) is 5. The summed E-state index contributed by atoms with van der Waals surface area (Å²) >= 11 is 0. The normalized spacial score (nSPS) is 16.8. The Balaban J connectivity index is 1.58. The molecule has 2 aromatic rings. The fourth-order valence-electron chi connectivity index (χ4n) is 3.50. The molecule has 0 spiro atoms. The largest absolute Gasteiger partial charge is 0.497 e. The summed E-state index contributed by atoms with van der Waals surface area (Å²) in [4.78, 5) is 7.08. The van der Waals surface area contributed by atoms with Gasteiger partial charge in [0.05, 0.1) is 20.4 Å². The summed E-state index contributed by atoms with van der Waals surface area (Å²) in [5.74, 6) is 2.48. The van der Waals surface area contributed by atoms with Gasteiger partial charge in [0, 0.05) is 69.4 Å². The predicted octanol–water partition coefficient (Wildman–Crippen LogP) is 1.81. The third kappa shape index (κ3) is 5.79. The highest BCUT2D eigenvalue weighted by molar-refractivity contribution is 5.80. The van der Waals surface area contributed by atoms with Gasteiger partial charge in [0.25, 0.3) is 0 Å². The van der Waals surface area contributed by atoms with Gasteiger partial charge in [0.2, 0.25) is 0 Å². The molecule has 29 heavy (non-hydrogen) atoms. The number of hydrogen-bond donors (Lipinski definition) is 2. The number of nitrogens with one attached hydrogen (secondary N) is 2. The first-order chi connectivity index (χ1) is 14.1. The Morgan fingerprint density at radius 2 is 2.00 bits per heavy atom. The van der Waals surface area contributed by atoms with Crippen LogP contribution in [0.1, 0.15) is 18.9 Å². The third-order valence-electron chi connectivity index (χ3n) is 5.00. The SMILES string of the molecule is CCNC(=NCCc1cnn(C)c1)NC1CCN(c2cc(OC)cc(OC)c2)C1. The molecule has 1 fully saturated rings. The van der Waals surface area contributed by atoms with E-state index in [2.05, 4.69) is 39.7 Å². The summed E-state index contributed by atoms with van der Waals surface area (Å²) in [6.07, 6.45) is 5.86. The van der Waals surface area contributed by atoms with E-state index in [1.54, 1.807) is 14.2 Å². The molecule has 1 atom stereocenters. The molecule has 2 heterocycles. The molecule has 0 bridgehead atoms. The zero-order valence-corrected chi connectivity index (χ0v) is 17.8. The minimum absolute atomic E-state index is 0.336. The Kier molecular flexibility index (Phi) is 7.21. The lowest BCUT2D eigenvalue weighted by molar-refractivity contribution is 0.394. The number of nitrogens with zero attached hydrogens (tertiary/aromatic N) is 4. The molecule has 0 aliphatic carbocycles. The van der Waals surface area contributed by atoms with Crippen LogP contribution in [0.2, 0.25) is 0 Å². The van der Waals surface area contributed by atoms with E-state index in [0.717, 1.165) is 62.2 Å². The summed E-state index contributed by atoms with van der Waals surface area (Å²) in [7, 11) is 5.29. The minimum Gasteiger partial charge on any atom is -0.497 e. The molecular formula is C21H32N6O2. The van der Waals surface area contributed by atoms with Crippen LogP contribution in [0.15, 0.2) is 35.6 Å². The highest BCUT2D eigenvalue weighted by atomic mass is 16.5. The van der Waals surface area contributed by atoms with E-state index in [-0.39, 0.29) is 0 Å². The maximum Gasteiger partial charge on any atom is 0.191 e. The van der Waals surface area contributed by atoms with Gasteiger partial charge in [-0.2, -0.15) is 5.10 Å². The summed E-state index contributed by atoms with van der Waals surface area (Å²) < 4.78 is 12.6. The Labute approximate surface area is 172 Å². The minimum atomic E-state index is 0.336. The quantitative estimate of drug-likeness (QED) is 0.520. The number of aromatic nitrogens is 2. The lowest BCUT2D eigenvalue weighted by Gasteiger charge is -2.21. The first kappa shape index (κ1) is 20.8. The maximum absolute atomic E-state index is 5.41. The maximum atomic E-state index is 5.41. The van der Waals surface area contributed by atoms with Gasteiger partial charge < -0.3 is 25.0 Å². The molecule has 158 valence electrons. The van der Waals surface area contributed by atoms with Crippen molar-refractivity contribution >= 4 is 11.6 Å². The van der Waals surface area contributed by atoms with Crippen LogP contribution in [0.4, 0.5) is 5.69 Å². The van der Waals surface area contributed by atoms with E-state index >= 15 is 0 Å². The van der Waals surface area contributed by atoms with Crippen molar-refractivity contribution < 1.29 is 9.47 Å². The summed E-state index contributed by atoms with van der Waals surface area (Å²) in [5, 5.41) is 11.1. The van der Waals surface area contributed by atoms with Gasteiger partial charge in [-0.15, -0.1) is 0 Å². The first-order valence-corrected chi connectivity index (χ1v) is 10.1. The molecule has 1 unspecified atom stereocenters. The van der Waals surface area contributed by atoms with Crippen molar-refractivity contribution in [1.82, 2.24) is 20.4 Å². The van der Waals surface area contributed by atoms with Gasteiger partial charge in [-0.3, -0.25) is 9.67 Å². The van der Waals surface area contributed by atoms with Crippen LogP contribution in [0, 0.1) is 0 Å². The van der Waals surface area contributed by atoms with E-state index in [0.29, 0.717) is 6.04 Å². The van der Waals surface area contributed by atoms with Gasteiger partial charge in [-0.05, 0) is 25.3 Å². The number of methoxy groups -OCH3 is 2. The third-order valence-corrected chi connectivity index (χ3v) is 5.00. The van der Waals surface area contributed by atoms with E-state index in [4.69, 9.17) is 14.5 Å². The van der Waals surface area contributed by atoms with Crippen LogP contribution in [-0.2, 0) is 13.5 Å². The molecule has 0 saturated carbocycles. The fraction of sp³-hybridized carbons (Fsp3) is 0.524. The molecule has 1 aromatic carbocycles. The molecule has 8 heteroatoms. The van der Waals surface area contributed by atoms with E-state index in [1.807, 2.05) is 30.2 Å². The number of guanidine groups is 1. The van der Waals surface area contributed by atoms with Crippen molar-refractivity contribution in [2.45, 2.75) is 25.8 Å². The van der Waals surface area contributed by atoms with Crippen molar-refractivity contribution in [3.8, 4) is 11.5 Å². The van der Waals surface area contributed by atoms with Crippen molar-refractivity contribution in [2.75, 3.05) is 45.3 Å². The lowest BCUT2D eigenvalue weighted by Crippen LogP contribution is -2.44. The Hall–Kier alpha value is -2.90. The standard InChI is InChI=1S/C21H32N6O2/c1-5-22-21(23-8-6-16-13-24-26(2)14-16)25-17-7-9-27(15-17)18-10-19(28-3)12-20(11-18)29-4/h10-14,17H,5-9,15H2,1-4H3,(H2,22,23,25). The van der Waals surface area contributed by atoms with Crippen LogP contribution in [0.25, 0.3) is 0 Å². The molecule has 2 N–H and O–H groups in total. The van der Waals surface area contributed by atoms with Crippen molar-refractivity contribution in [2.24, 2.45) is 12.0 Å². The summed E-state index contributed by atoms with van der Waals surface area (Å²) in [5.41, 5.74) is 2.31. The number of aliphatic imine (C=N–C) groups is 1. The van der Waals surface area contributed by atoms with Crippen LogP contribution in [-0.4, -0.2) is 62.2 Å². The monoisotopic (exact) mass is 400 g/mol. The molecule has 1 aliphatic heterocycles. The van der Waals surface area contributed by atoms with Gasteiger partial charge in [0.1, 0.15) is 11.5 Å². The molecule has 0 amide bonds. The Morgan fingerprint density at radius 1 is 1.24 bits per heavy atom. The molecule has 1 aromatic heterocycles. The van der Waals surface area contributed by atoms with Crippen molar-refractivity contribution in [3.63, 3.8) is 0 Å². The second-order valence-electron chi connectivity index (χ2n) is 7.18. The Bertz CT molecular complexity index is 797. The number of rotatable bonds is 8. The number of aryl methyl sites for hydroxylation is 1. The molecule has 8 nitrogen and oxygen atoms in total. The van der Waals surface area contributed by atoms with Crippen LogP contribution >= 0.6 is 0 Å². The zero-order chi connectivity index (χ0) is 20.6. The second-order valence-corrected chi connectivity index (χ2v) is 7.18. The number of anilines is 1. The molecular weight excluding hydrogens is 368 g/mol. The van der Waals surface area contributed by atoms with Gasteiger partial charge in [0.15, 0.2) is 5.96 Å². The number of ether oxygens (including phenoxy) is 2. The smallest absolute Gasteiger partial charge is 0.191 e. The van der Waals surface area contributed by atoms with Crippen molar-refractivity contribution in [1.29, 1.82) is 0 Å². The van der Waals surface area contributed by atoms with E-state index < -0.39 is 0 Å². The first-order valence-electron chi connectivity index (χ1n) is 10.1. The highest BCUT2D eigenvalue weighted by Gasteiger charge is 2.24. The molecule has 1 aliphatic rings.